The number of hydrogen-bond donors (Lipinski definition) is 0. The van der Waals surface area contributed by atoms with Gasteiger partial charge in [-0.05, 0) is 23.8 Å². The van der Waals surface area contributed by atoms with E-state index in [-0.39, 0.29) is 30.3 Å². The third-order valence-electron chi connectivity index (χ3n) is 3.57. The first-order valence-electron chi connectivity index (χ1n) is 7.55. The van der Waals surface area contributed by atoms with Gasteiger partial charge < -0.3 is 4.90 Å². The van der Waals surface area contributed by atoms with Gasteiger partial charge in [-0.25, -0.2) is 4.39 Å². The quantitative estimate of drug-likeness (QED) is 0.527. The van der Waals surface area contributed by atoms with Crippen molar-refractivity contribution >= 4 is 17.7 Å². The lowest BCUT2D eigenvalue weighted by Gasteiger charge is -2.20. The normalized spacial score (nSPS) is 11.4. The summed E-state index contributed by atoms with van der Waals surface area (Å²) in [5.74, 6) is -0.293. The molecule has 2 aromatic carbocycles. The van der Waals surface area contributed by atoms with Gasteiger partial charge in [-0.1, -0.05) is 30.3 Å². The van der Waals surface area contributed by atoms with Gasteiger partial charge >= 0.3 is 6.18 Å². The molecule has 0 aliphatic heterocycles. The summed E-state index contributed by atoms with van der Waals surface area (Å²) in [7, 11) is 1.46. The summed E-state index contributed by atoms with van der Waals surface area (Å²) >= 11 is 1.20. The highest BCUT2D eigenvalue weighted by molar-refractivity contribution is 7.99. The second-order valence-electron chi connectivity index (χ2n) is 5.43. The summed E-state index contributed by atoms with van der Waals surface area (Å²) in [6.07, 6.45) is -4.34. The van der Waals surface area contributed by atoms with Crippen LogP contribution < -0.4 is 0 Å². The number of rotatable bonds is 6. The van der Waals surface area contributed by atoms with Crippen LogP contribution in [0.5, 0.6) is 0 Å². The minimum Gasteiger partial charge on any atom is -0.341 e. The first-order chi connectivity index (χ1) is 11.8. The maximum atomic E-state index is 13.5. The molecule has 0 fully saturated rings. The highest BCUT2D eigenvalue weighted by atomic mass is 32.2. The predicted molar refractivity (Wildman–Crippen MR) is 89.7 cm³/mol. The van der Waals surface area contributed by atoms with E-state index in [1.807, 2.05) is 0 Å². The summed E-state index contributed by atoms with van der Waals surface area (Å²) in [5.41, 5.74) is -0.692. The van der Waals surface area contributed by atoms with Gasteiger partial charge in [0.05, 0.1) is 5.56 Å². The Hall–Kier alpha value is -2.02. The highest BCUT2D eigenvalue weighted by Gasteiger charge is 2.33. The predicted octanol–water partition coefficient (Wildman–Crippen LogP) is 4.99. The van der Waals surface area contributed by atoms with Crippen LogP contribution in [0.4, 0.5) is 17.6 Å². The molecule has 0 aliphatic carbocycles. The molecule has 0 N–H and O–H groups in total. The summed E-state index contributed by atoms with van der Waals surface area (Å²) in [6.45, 7) is -0.126. The number of thioether (sulfide) groups is 1. The van der Waals surface area contributed by atoms with Crippen molar-refractivity contribution in [3.63, 3.8) is 0 Å². The highest BCUT2D eigenvalue weighted by Crippen LogP contribution is 2.32. The molecule has 0 aliphatic rings. The Kier molecular flexibility index (Phi) is 6.47. The maximum Gasteiger partial charge on any atom is 0.416 e. The number of halogens is 4. The summed E-state index contributed by atoms with van der Waals surface area (Å²) in [5, 5.41) is 0. The van der Waals surface area contributed by atoms with Crippen LogP contribution in [0.2, 0.25) is 0 Å². The first kappa shape index (κ1) is 19.3. The molecule has 2 rings (SSSR count). The van der Waals surface area contributed by atoms with Gasteiger partial charge in [0.25, 0.3) is 0 Å². The van der Waals surface area contributed by atoms with Crippen molar-refractivity contribution < 1.29 is 22.4 Å². The fourth-order valence-electron chi connectivity index (χ4n) is 2.28. The average Bonchev–Trinajstić information content (AvgIpc) is 2.56. The number of benzene rings is 2. The molecule has 0 saturated carbocycles. The Labute approximate surface area is 147 Å². The molecule has 0 bridgehead atoms. The minimum absolute atomic E-state index is 0.0487. The van der Waals surface area contributed by atoms with Crippen LogP contribution in [-0.4, -0.2) is 23.6 Å². The molecule has 134 valence electrons. The van der Waals surface area contributed by atoms with Gasteiger partial charge in [-0.2, -0.15) is 13.2 Å². The van der Waals surface area contributed by atoms with Gasteiger partial charge in [0, 0.05) is 30.7 Å². The molecule has 2 nitrogen and oxygen atoms in total. The van der Waals surface area contributed by atoms with Crippen molar-refractivity contribution in [1.29, 1.82) is 0 Å². The van der Waals surface area contributed by atoms with Gasteiger partial charge in [-0.15, -0.1) is 11.8 Å². The van der Waals surface area contributed by atoms with E-state index in [1.165, 1.54) is 48.0 Å². The largest absolute Gasteiger partial charge is 0.416 e. The van der Waals surface area contributed by atoms with Crippen molar-refractivity contribution in [2.75, 3.05) is 12.8 Å². The van der Waals surface area contributed by atoms with E-state index in [4.69, 9.17) is 0 Å². The smallest absolute Gasteiger partial charge is 0.341 e. The van der Waals surface area contributed by atoms with E-state index in [9.17, 15) is 22.4 Å². The minimum atomic E-state index is -4.46. The van der Waals surface area contributed by atoms with E-state index < -0.39 is 11.7 Å². The zero-order valence-electron chi connectivity index (χ0n) is 13.5. The van der Waals surface area contributed by atoms with Crippen LogP contribution in [0.25, 0.3) is 0 Å². The van der Waals surface area contributed by atoms with Crippen molar-refractivity contribution in [1.82, 2.24) is 4.90 Å². The van der Waals surface area contributed by atoms with Crippen molar-refractivity contribution in [2.24, 2.45) is 0 Å². The Bertz CT molecular complexity index is 733. The monoisotopic (exact) mass is 371 g/mol. The number of carbonyl (C=O) groups excluding carboxylic acids is 1. The number of nitrogens with zero attached hydrogens (tertiary/aromatic N) is 1. The number of hydrogen-bond acceptors (Lipinski definition) is 2. The molecule has 2 aromatic rings. The van der Waals surface area contributed by atoms with Gasteiger partial charge in [-0.3, -0.25) is 4.79 Å². The standard InChI is InChI=1S/C18H17F4NOS/c1-23(12-13-6-2-3-7-14(13)18(20,21)22)17(24)10-11-25-16-9-5-4-8-15(16)19/h2-9H,10-12H2,1H3. The molecular weight excluding hydrogens is 354 g/mol. The molecule has 0 unspecified atom stereocenters. The maximum absolute atomic E-state index is 13.5. The molecule has 0 saturated heterocycles. The SMILES string of the molecule is CN(Cc1ccccc1C(F)(F)F)C(=O)CCSc1ccccc1F. The lowest BCUT2D eigenvalue weighted by molar-refractivity contribution is -0.139. The van der Waals surface area contributed by atoms with Crippen LogP contribution in [0.1, 0.15) is 17.5 Å². The topological polar surface area (TPSA) is 20.3 Å². The second kappa shape index (κ2) is 8.38. The van der Waals surface area contributed by atoms with Crippen LogP contribution in [0.15, 0.2) is 53.4 Å². The zero-order valence-corrected chi connectivity index (χ0v) is 14.3. The van der Waals surface area contributed by atoms with E-state index in [2.05, 4.69) is 0 Å². The number of carbonyl (C=O) groups is 1. The van der Waals surface area contributed by atoms with E-state index in [1.54, 1.807) is 18.2 Å². The molecular formula is C18H17F4NOS. The van der Waals surface area contributed by atoms with Crippen molar-refractivity contribution in [3.8, 4) is 0 Å². The van der Waals surface area contributed by atoms with Crippen LogP contribution in [0, 0.1) is 5.82 Å². The molecule has 1 amide bonds. The van der Waals surface area contributed by atoms with Crippen molar-refractivity contribution in [2.45, 2.75) is 24.0 Å². The lowest BCUT2D eigenvalue weighted by Crippen LogP contribution is -2.27. The fourth-order valence-corrected chi connectivity index (χ4v) is 3.16. The number of amides is 1. The Morgan fingerprint density at radius 2 is 1.72 bits per heavy atom. The van der Waals surface area contributed by atoms with Gasteiger partial charge in [0.1, 0.15) is 5.82 Å². The Morgan fingerprint density at radius 1 is 1.08 bits per heavy atom. The molecule has 7 heteroatoms. The van der Waals surface area contributed by atoms with E-state index in [0.29, 0.717) is 10.6 Å². The van der Waals surface area contributed by atoms with Crippen LogP contribution >= 0.6 is 11.8 Å². The Balaban J connectivity index is 1.92. The van der Waals surface area contributed by atoms with Crippen LogP contribution in [-0.2, 0) is 17.5 Å². The third kappa shape index (κ3) is 5.49. The van der Waals surface area contributed by atoms with Crippen molar-refractivity contribution in [3.05, 3.63) is 65.5 Å². The first-order valence-corrected chi connectivity index (χ1v) is 8.54. The molecule has 0 heterocycles. The zero-order chi connectivity index (χ0) is 18.4. The van der Waals surface area contributed by atoms with Gasteiger partial charge in [0.15, 0.2) is 0 Å². The molecule has 0 spiro atoms. The lowest BCUT2D eigenvalue weighted by atomic mass is 10.1. The number of alkyl halides is 3. The Morgan fingerprint density at radius 3 is 2.40 bits per heavy atom. The summed E-state index contributed by atoms with van der Waals surface area (Å²) in [6, 6.07) is 11.4. The van der Waals surface area contributed by atoms with E-state index >= 15 is 0 Å². The van der Waals surface area contributed by atoms with Crippen LogP contribution in [0.3, 0.4) is 0 Å². The molecule has 25 heavy (non-hydrogen) atoms. The third-order valence-corrected chi connectivity index (χ3v) is 4.62. The fraction of sp³-hybridized carbons (Fsp3) is 0.278. The molecule has 0 aromatic heterocycles. The average molecular weight is 371 g/mol. The summed E-state index contributed by atoms with van der Waals surface area (Å²) in [4.78, 5) is 13.8. The molecule has 0 radical (unpaired) electrons. The van der Waals surface area contributed by atoms with Gasteiger partial charge in [0.2, 0.25) is 5.91 Å². The second-order valence-corrected chi connectivity index (χ2v) is 6.57. The van der Waals surface area contributed by atoms with E-state index in [0.717, 1.165) is 6.07 Å². The molecule has 0 atom stereocenters. The summed E-state index contributed by atoms with van der Waals surface area (Å²) < 4.78 is 52.5.